The van der Waals surface area contributed by atoms with E-state index in [9.17, 15) is 22.8 Å². The van der Waals surface area contributed by atoms with Gasteiger partial charge >= 0.3 is 6.18 Å². The summed E-state index contributed by atoms with van der Waals surface area (Å²) in [7, 11) is 1.44. The minimum atomic E-state index is -4.58. The lowest BCUT2D eigenvalue weighted by Gasteiger charge is -2.38. The number of carbonyl (C=O) groups is 2. The normalized spacial score (nSPS) is 19.0. The molecule has 0 radical (unpaired) electrons. The number of anilines is 1. The molecule has 1 saturated heterocycles. The van der Waals surface area contributed by atoms with E-state index in [1.165, 1.54) is 19.2 Å². The van der Waals surface area contributed by atoms with Crippen molar-refractivity contribution >= 4 is 23.3 Å². The summed E-state index contributed by atoms with van der Waals surface area (Å²) < 4.78 is 67.6. The molecule has 3 aromatic rings. The lowest BCUT2D eigenvalue weighted by molar-refractivity contribution is -0.141. The number of amides is 2. The number of piperidine rings is 1. The van der Waals surface area contributed by atoms with Crippen molar-refractivity contribution in [3.63, 3.8) is 0 Å². The van der Waals surface area contributed by atoms with Gasteiger partial charge in [0.05, 0.1) is 37.6 Å². The van der Waals surface area contributed by atoms with Gasteiger partial charge in [-0.15, -0.1) is 0 Å². The molecular formula is C34H34F4N6O4. The molecule has 2 aromatic heterocycles. The van der Waals surface area contributed by atoms with Gasteiger partial charge in [0, 0.05) is 41.4 Å². The van der Waals surface area contributed by atoms with Crippen LogP contribution in [-0.2, 0) is 33.5 Å². The molecule has 0 unspecified atom stereocenters. The third-order valence-electron chi connectivity index (χ3n) is 9.28. The van der Waals surface area contributed by atoms with Crippen molar-refractivity contribution in [2.24, 2.45) is 10.7 Å². The van der Waals surface area contributed by atoms with E-state index in [1.807, 2.05) is 11.0 Å². The summed E-state index contributed by atoms with van der Waals surface area (Å²) in [5.74, 6) is -0.975. The van der Waals surface area contributed by atoms with Crippen LogP contribution in [0.4, 0.5) is 23.2 Å². The monoisotopic (exact) mass is 666 g/mol. The van der Waals surface area contributed by atoms with Crippen molar-refractivity contribution in [2.75, 3.05) is 25.1 Å². The molecule has 2 amide bonds. The van der Waals surface area contributed by atoms with Gasteiger partial charge in [0.2, 0.25) is 11.8 Å². The quantitative estimate of drug-likeness (QED) is 0.297. The number of halogens is 4. The fraction of sp³-hybridized carbons (Fsp3) is 0.441. The number of hydrogen-bond donors (Lipinski definition) is 2. The molecular weight excluding hydrogens is 632 g/mol. The van der Waals surface area contributed by atoms with Crippen molar-refractivity contribution in [2.45, 2.75) is 75.3 Å². The predicted molar refractivity (Wildman–Crippen MR) is 167 cm³/mol. The number of hydrogen-bond acceptors (Lipinski definition) is 8. The second kappa shape index (κ2) is 12.1. The highest BCUT2D eigenvalue weighted by Gasteiger charge is 2.47. The zero-order valence-corrected chi connectivity index (χ0v) is 26.2. The molecule has 2 saturated carbocycles. The first-order valence-corrected chi connectivity index (χ1v) is 16.0. The highest BCUT2D eigenvalue weighted by atomic mass is 19.4. The largest absolute Gasteiger partial charge is 0.481 e. The summed E-state index contributed by atoms with van der Waals surface area (Å²) in [4.78, 5) is 40.0. The molecule has 10 nitrogen and oxygen atoms in total. The van der Waals surface area contributed by atoms with Crippen LogP contribution in [0.25, 0.3) is 11.1 Å². The average molecular weight is 667 g/mol. The van der Waals surface area contributed by atoms with Crippen LogP contribution in [0, 0.1) is 5.82 Å². The number of primary amides is 1. The van der Waals surface area contributed by atoms with Crippen LogP contribution in [0.1, 0.15) is 72.7 Å². The standard InChI is InChI=1S/C34H34F4N6O4/c1-47-31-22(7-4-20(40-31)16-28(39)45)19-14-25(35)24(17-48-21-5-6-21)26(15-19)44-12-10-33(11-13-44)32(46)42-30(43-33)23-8-9-27(34(36,37)38)41-29(23)18-2-3-18/h4,7-9,14-15,18,21H,2-3,5-6,10-13,16-17H2,1H3,(H2,39,45)(H,42,43,46). The Morgan fingerprint density at radius 3 is 2.44 bits per heavy atom. The van der Waals surface area contributed by atoms with Crippen LogP contribution in [0.2, 0.25) is 0 Å². The number of nitrogens with one attached hydrogen (secondary N) is 1. The number of nitrogens with zero attached hydrogens (tertiary/aromatic N) is 4. The number of ether oxygens (including phenoxy) is 2. The molecule has 4 aliphatic rings. The maximum Gasteiger partial charge on any atom is 0.433 e. The minimum Gasteiger partial charge on any atom is -0.481 e. The Bertz CT molecular complexity index is 1810. The van der Waals surface area contributed by atoms with Crippen molar-refractivity contribution in [1.82, 2.24) is 15.3 Å². The fourth-order valence-corrected chi connectivity index (χ4v) is 6.37. The van der Waals surface area contributed by atoms with Gasteiger partial charge in [-0.3, -0.25) is 14.6 Å². The molecule has 7 rings (SSSR count). The summed E-state index contributed by atoms with van der Waals surface area (Å²) in [5.41, 5.74) is 6.42. The maximum atomic E-state index is 15.9. The lowest BCUT2D eigenvalue weighted by Crippen LogP contribution is -2.49. The highest BCUT2D eigenvalue weighted by molar-refractivity contribution is 6.16. The molecule has 3 N–H and O–H groups in total. The number of aromatic nitrogens is 2. The molecule has 48 heavy (non-hydrogen) atoms. The lowest BCUT2D eigenvalue weighted by atomic mass is 9.87. The van der Waals surface area contributed by atoms with Gasteiger partial charge in [-0.1, -0.05) is 0 Å². The van der Waals surface area contributed by atoms with Crippen LogP contribution < -0.4 is 20.7 Å². The van der Waals surface area contributed by atoms with Crippen molar-refractivity contribution in [3.05, 3.63) is 70.4 Å². The number of pyridine rings is 2. The SMILES string of the molecule is COc1nc(CC(N)=O)ccc1-c1cc(F)c(COC2CC2)c(N2CCC3(CC2)N=C(c2ccc(C(F)(F)F)nc2C2CC2)NC3=O)c1. The minimum absolute atomic E-state index is 0.0712. The third kappa shape index (κ3) is 6.32. The molecule has 1 spiro atoms. The molecule has 0 bridgehead atoms. The van der Waals surface area contributed by atoms with E-state index < -0.39 is 29.1 Å². The zero-order chi connectivity index (χ0) is 33.8. The number of nitrogens with two attached hydrogens (primary N) is 1. The van der Waals surface area contributed by atoms with Crippen LogP contribution in [0.5, 0.6) is 5.88 Å². The summed E-state index contributed by atoms with van der Waals surface area (Å²) in [6, 6.07) is 8.87. The molecule has 3 fully saturated rings. The average Bonchev–Trinajstić information content (AvgIpc) is 3.99. The number of amidine groups is 1. The summed E-state index contributed by atoms with van der Waals surface area (Å²) in [5, 5.41) is 2.83. The second-order valence-corrected chi connectivity index (χ2v) is 12.8. The molecule has 0 atom stereocenters. The number of alkyl halides is 3. The first-order valence-electron chi connectivity index (χ1n) is 16.0. The highest BCUT2D eigenvalue weighted by Crippen LogP contribution is 2.44. The van der Waals surface area contributed by atoms with Crippen molar-refractivity contribution < 1.29 is 36.6 Å². The molecule has 4 heterocycles. The number of benzene rings is 1. The summed E-state index contributed by atoms with van der Waals surface area (Å²) >= 11 is 0. The van der Waals surface area contributed by atoms with Crippen molar-refractivity contribution in [3.8, 4) is 17.0 Å². The van der Waals surface area contributed by atoms with E-state index in [-0.39, 0.29) is 42.7 Å². The Kier molecular flexibility index (Phi) is 8.09. The predicted octanol–water partition coefficient (Wildman–Crippen LogP) is 4.81. The van der Waals surface area contributed by atoms with Gasteiger partial charge in [-0.05, 0) is 80.5 Å². The van der Waals surface area contributed by atoms with Crippen LogP contribution in [0.15, 0.2) is 41.4 Å². The van der Waals surface area contributed by atoms with Gasteiger partial charge in [0.15, 0.2) is 0 Å². The smallest absolute Gasteiger partial charge is 0.433 e. The first-order chi connectivity index (χ1) is 22.9. The van der Waals surface area contributed by atoms with Crippen LogP contribution in [-0.4, -0.2) is 59.5 Å². The van der Waals surface area contributed by atoms with Crippen molar-refractivity contribution in [1.29, 1.82) is 0 Å². The number of rotatable bonds is 10. The van der Waals surface area contributed by atoms with Gasteiger partial charge in [0.1, 0.15) is 22.9 Å². The Labute approximate surface area is 273 Å². The van der Waals surface area contributed by atoms with E-state index in [4.69, 9.17) is 20.2 Å². The topological polar surface area (TPSA) is 132 Å². The summed E-state index contributed by atoms with van der Waals surface area (Å²) in [6.45, 7) is 0.794. The second-order valence-electron chi connectivity index (χ2n) is 12.8. The maximum absolute atomic E-state index is 15.9. The van der Waals surface area contributed by atoms with Crippen LogP contribution >= 0.6 is 0 Å². The van der Waals surface area contributed by atoms with Gasteiger partial charge in [0.25, 0.3) is 5.91 Å². The Balaban J connectivity index is 1.18. The third-order valence-corrected chi connectivity index (χ3v) is 9.28. The van der Waals surface area contributed by atoms with E-state index in [0.717, 1.165) is 31.7 Å². The first kappa shape index (κ1) is 32.0. The number of carbonyl (C=O) groups excluding carboxylic acids is 2. The van der Waals surface area contributed by atoms with Crippen LogP contribution in [0.3, 0.4) is 0 Å². The van der Waals surface area contributed by atoms with Gasteiger partial charge in [-0.25, -0.2) is 14.4 Å². The Hall–Kier alpha value is -4.59. The Morgan fingerprint density at radius 2 is 1.79 bits per heavy atom. The van der Waals surface area contributed by atoms with Gasteiger partial charge < -0.3 is 25.4 Å². The van der Waals surface area contributed by atoms with E-state index in [0.29, 0.717) is 65.3 Å². The van der Waals surface area contributed by atoms with E-state index in [1.54, 1.807) is 12.1 Å². The zero-order valence-electron chi connectivity index (χ0n) is 26.2. The fourth-order valence-electron chi connectivity index (χ4n) is 6.37. The van der Waals surface area contributed by atoms with E-state index in [2.05, 4.69) is 15.3 Å². The molecule has 1 aromatic carbocycles. The summed E-state index contributed by atoms with van der Waals surface area (Å²) in [6.07, 6.45) is -0.645. The molecule has 14 heteroatoms. The Morgan fingerprint density at radius 1 is 1.06 bits per heavy atom. The molecule has 2 aliphatic heterocycles. The number of aliphatic imine (C=N–C) groups is 1. The van der Waals surface area contributed by atoms with Gasteiger partial charge in [-0.2, -0.15) is 13.2 Å². The molecule has 252 valence electrons. The van der Waals surface area contributed by atoms with E-state index >= 15 is 4.39 Å². The number of methoxy groups -OCH3 is 1. The molecule has 2 aliphatic carbocycles.